The molecule has 1 amide bonds. The summed E-state index contributed by atoms with van der Waals surface area (Å²) in [4.78, 5) is 22.8. The van der Waals surface area contributed by atoms with Gasteiger partial charge in [-0.15, -0.1) is 0 Å². The molecule has 0 fully saturated rings. The summed E-state index contributed by atoms with van der Waals surface area (Å²) in [5, 5.41) is 16.6. The van der Waals surface area contributed by atoms with E-state index in [1.165, 1.54) is 25.5 Å². The van der Waals surface area contributed by atoms with Gasteiger partial charge in [0, 0.05) is 11.6 Å². The van der Waals surface area contributed by atoms with Crippen LogP contribution in [0.4, 0.5) is 5.69 Å². The summed E-state index contributed by atoms with van der Waals surface area (Å²) in [6.45, 7) is 0. The molecule has 0 saturated heterocycles. The summed E-state index contributed by atoms with van der Waals surface area (Å²) < 4.78 is 5.29. The van der Waals surface area contributed by atoms with Gasteiger partial charge in [-0.05, 0) is 29.0 Å². The highest BCUT2D eigenvalue weighted by Gasteiger charge is 2.14. The number of halogens is 1. The predicted molar refractivity (Wildman–Crippen MR) is 104 cm³/mol. The number of nitrogens with one attached hydrogen (secondary N) is 1. The zero-order chi connectivity index (χ0) is 19.4. The van der Waals surface area contributed by atoms with E-state index in [0.717, 1.165) is 10.8 Å². The van der Waals surface area contributed by atoms with E-state index in [1.807, 2.05) is 24.3 Å². The zero-order valence-corrected chi connectivity index (χ0v) is 14.9. The Morgan fingerprint density at radius 1 is 1.19 bits per heavy atom. The van der Waals surface area contributed by atoms with Crippen molar-refractivity contribution in [3.8, 4) is 5.75 Å². The van der Waals surface area contributed by atoms with Crippen LogP contribution in [0.15, 0.2) is 59.7 Å². The summed E-state index contributed by atoms with van der Waals surface area (Å²) in [6, 6.07) is 15.3. The van der Waals surface area contributed by atoms with Crippen molar-refractivity contribution in [2.24, 2.45) is 5.10 Å². The van der Waals surface area contributed by atoms with Gasteiger partial charge >= 0.3 is 0 Å². The summed E-state index contributed by atoms with van der Waals surface area (Å²) in [5.74, 6) is -0.0409. The maximum Gasteiger partial charge on any atom is 0.288 e. The number of rotatable bonds is 5. The van der Waals surface area contributed by atoms with Gasteiger partial charge in [0.05, 0.1) is 23.8 Å². The molecule has 0 spiro atoms. The van der Waals surface area contributed by atoms with E-state index in [-0.39, 0.29) is 10.7 Å². The van der Waals surface area contributed by atoms with Crippen molar-refractivity contribution in [2.75, 3.05) is 7.11 Å². The van der Waals surface area contributed by atoms with Crippen molar-refractivity contribution in [3.63, 3.8) is 0 Å². The Morgan fingerprint density at radius 2 is 1.89 bits per heavy atom. The van der Waals surface area contributed by atoms with Gasteiger partial charge in [0.25, 0.3) is 11.6 Å². The molecule has 0 aromatic heterocycles. The molecule has 0 aliphatic rings. The summed E-state index contributed by atoms with van der Waals surface area (Å²) >= 11 is 5.77. The van der Waals surface area contributed by atoms with Crippen molar-refractivity contribution in [3.05, 3.63) is 80.9 Å². The van der Waals surface area contributed by atoms with Gasteiger partial charge in [0.15, 0.2) is 0 Å². The largest absolute Gasteiger partial charge is 0.496 e. The van der Waals surface area contributed by atoms with E-state index >= 15 is 0 Å². The van der Waals surface area contributed by atoms with Gasteiger partial charge in [-0.2, -0.15) is 5.10 Å². The number of hydrazone groups is 1. The first-order valence-electron chi connectivity index (χ1n) is 7.83. The lowest BCUT2D eigenvalue weighted by atomic mass is 10.1. The number of hydrogen-bond donors (Lipinski definition) is 1. The topological polar surface area (TPSA) is 93.8 Å². The maximum atomic E-state index is 12.5. The van der Waals surface area contributed by atoms with Crippen molar-refractivity contribution < 1.29 is 14.5 Å². The fourth-order valence-corrected chi connectivity index (χ4v) is 2.73. The molecule has 3 aromatic rings. The Kier molecular flexibility index (Phi) is 5.33. The van der Waals surface area contributed by atoms with E-state index in [1.54, 1.807) is 18.2 Å². The average Bonchev–Trinajstić information content (AvgIpc) is 2.67. The van der Waals surface area contributed by atoms with Crippen LogP contribution >= 0.6 is 11.6 Å². The molecule has 0 atom stereocenters. The molecule has 0 heterocycles. The number of nitro groups is 1. The quantitative estimate of drug-likeness (QED) is 0.406. The summed E-state index contributed by atoms with van der Waals surface area (Å²) in [5.41, 5.74) is 2.92. The third-order valence-electron chi connectivity index (χ3n) is 3.86. The summed E-state index contributed by atoms with van der Waals surface area (Å²) in [6.07, 6.45) is 1.30. The average molecular weight is 384 g/mol. The maximum absolute atomic E-state index is 12.5. The Bertz CT molecular complexity index is 1070. The highest BCUT2D eigenvalue weighted by atomic mass is 35.5. The number of fused-ring (bicyclic) bond motifs is 1. The molecule has 7 nitrogen and oxygen atoms in total. The van der Waals surface area contributed by atoms with Gasteiger partial charge in [-0.25, -0.2) is 5.43 Å². The first-order chi connectivity index (χ1) is 13.0. The lowest BCUT2D eigenvalue weighted by Crippen LogP contribution is -2.18. The Labute approximate surface area is 159 Å². The molecule has 0 aliphatic carbocycles. The first kappa shape index (κ1) is 18.3. The van der Waals surface area contributed by atoms with Gasteiger partial charge in [-0.1, -0.05) is 41.9 Å². The standard InChI is InChI=1S/C19H14ClN3O4/c1-27-18-10-14-5-3-2-4-13(14)9-15(18)19(24)22-21-11-12-6-7-16(20)17(8-12)23(25)26/h2-11H,1H3,(H,22,24)/b21-11+. The van der Waals surface area contributed by atoms with Crippen LogP contribution in [0.3, 0.4) is 0 Å². The smallest absolute Gasteiger partial charge is 0.288 e. The number of nitrogens with zero attached hydrogens (tertiary/aromatic N) is 2. The van der Waals surface area contributed by atoms with E-state index in [2.05, 4.69) is 10.5 Å². The van der Waals surface area contributed by atoms with Crippen LogP contribution in [0.2, 0.25) is 5.02 Å². The van der Waals surface area contributed by atoms with E-state index < -0.39 is 10.8 Å². The Hall–Kier alpha value is -3.45. The Morgan fingerprint density at radius 3 is 2.56 bits per heavy atom. The van der Waals surface area contributed by atoms with E-state index in [4.69, 9.17) is 16.3 Å². The molecule has 3 rings (SSSR count). The lowest BCUT2D eigenvalue weighted by Gasteiger charge is -2.09. The minimum Gasteiger partial charge on any atom is -0.496 e. The zero-order valence-electron chi connectivity index (χ0n) is 14.2. The number of ether oxygens (including phenoxy) is 1. The van der Waals surface area contributed by atoms with Crippen LogP contribution in [0.25, 0.3) is 10.8 Å². The van der Waals surface area contributed by atoms with Crippen LogP contribution in [-0.4, -0.2) is 24.2 Å². The SMILES string of the molecule is COc1cc2ccccc2cc1C(=O)N/N=C/c1ccc(Cl)c([N+](=O)[O-])c1. The second kappa shape index (κ2) is 7.84. The third-order valence-corrected chi connectivity index (χ3v) is 4.18. The number of benzene rings is 3. The Balaban J connectivity index is 1.82. The van der Waals surface area contributed by atoms with Crippen LogP contribution in [0, 0.1) is 10.1 Å². The predicted octanol–water partition coefficient (Wildman–Crippen LogP) is 4.17. The molecule has 0 bridgehead atoms. The highest BCUT2D eigenvalue weighted by Crippen LogP contribution is 2.26. The number of methoxy groups -OCH3 is 1. The number of amides is 1. The lowest BCUT2D eigenvalue weighted by molar-refractivity contribution is -0.384. The number of carbonyl (C=O) groups excluding carboxylic acids is 1. The molecule has 3 aromatic carbocycles. The van der Waals surface area contributed by atoms with Gasteiger partial charge < -0.3 is 4.74 Å². The van der Waals surface area contributed by atoms with Gasteiger partial charge in [0.1, 0.15) is 10.8 Å². The fraction of sp³-hybridized carbons (Fsp3) is 0.0526. The number of nitro benzene ring substituents is 1. The van der Waals surface area contributed by atoms with Crippen molar-refractivity contribution in [2.45, 2.75) is 0 Å². The van der Waals surface area contributed by atoms with Crippen molar-refractivity contribution in [1.82, 2.24) is 5.43 Å². The van der Waals surface area contributed by atoms with Crippen LogP contribution < -0.4 is 10.2 Å². The van der Waals surface area contributed by atoms with E-state index in [0.29, 0.717) is 16.9 Å². The molecule has 27 heavy (non-hydrogen) atoms. The van der Waals surface area contributed by atoms with Crippen LogP contribution in [0.5, 0.6) is 5.75 Å². The highest BCUT2D eigenvalue weighted by molar-refractivity contribution is 6.32. The molecule has 1 N–H and O–H groups in total. The van der Waals surface area contributed by atoms with Crippen molar-refractivity contribution >= 4 is 40.2 Å². The minimum atomic E-state index is -0.585. The molecular weight excluding hydrogens is 370 g/mol. The van der Waals surface area contributed by atoms with E-state index in [9.17, 15) is 14.9 Å². The molecule has 8 heteroatoms. The normalized spacial score (nSPS) is 10.9. The van der Waals surface area contributed by atoms with Gasteiger partial charge in [0.2, 0.25) is 0 Å². The molecule has 0 aliphatic heterocycles. The molecule has 0 saturated carbocycles. The fourth-order valence-electron chi connectivity index (χ4n) is 2.54. The molecule has 0 radical (unpaired) electrons. The van der Waals surface area contributed by atoms with Gasteiger partial charge in [-0.3, -0.25) is 14.9 Å². The minimum absolute atomic E-state index is 0.0297. The molecular formula is C19H14ClN3O4. The second-order valence-electron chi connectivity index (χ2n) is 5.57. The van der Waals surface area contributed by atoms with Crippen LogP contribution in [0.1, 0.15) is 15.9 Å². The summed E-state index contributed by atoms with van der Waals surface area (Å²) in [7, 11) is 1.48. The number of carbonyl (C=O) groups is 1. The molecule has 136 valence electrons. The molecule has 0 unspecified atom stereocenters. The monoisotopic (exact) mass is 383 g/mol. The van der Waals surface area contributed by atoms with Crippen molar-refractivity contribution in [1.29, 1.82) is 0 Å². The van der Waals surface area contributed by atoms with Crippen LogP contribution in [-0.2, 0) is 0 Å². The first-order valence-corrected chi connectivity index (χ1v) is 8.21. The second-order valence-corrected chi connectivity index (χ2v) is 5.97. The third kappa shape index (κ3) is 4.04. The number of hydrogen-bond acceptors (Lipinski definition) is 5.